The van der Waals surface area contributed by atoms with Crippen molar-refractivity contribution in [1.82, 2.24) is 0 Å². The molecule has 1 aromatic rings. The SMILES string of the molecule is CC(C)C(O)CC[C@H](C)[C@H]1CCC2C3C(CC[C@@]21C)[C@@]1(C)CC[C@H](OC2CCCCO2)CC1C[C@@H]3OCc1ccccc1. The zero-order valence-electron chi connectivity index (χ0n) is 28.0. The first kappa shape index (κ1) is 32.0. The summed E-state index contributed by atoms with van der Waals surface area (Å²) >= 11 is 0. The molecular weight excluding hydrogens is 532 g/mol. The molecule has 6 unspecified atom stereocenters. The van der Waals surface area contributed by atoms with E-state index >= 15 is 0 Å². The van der Waals surface area contributed by atoms with Gasteiger partial charge in [0.1, 0.15) is 0 Å². The van der Waals surface area contributed by atoms with Crippen LogP contribution in [0.5, 0.6) is 0 Å². The molecule has 0 bridgehead atoms. The Bertz CT molecular complexity index is 1020. The van der Waals surface area contributed by atoms with Crippen LogP contribution in [0.3, 0.4) is 0 Å². The van der Waals surface area contributed by atoms with Gasteiger partial charge in [-0.3, -0.25) is 0 Å². The molecular formula is C39H62O4. The van der Waals surface area contributed by atoms with Crippen LogP contribution >= 0.6 is 0 Å². The monoisotopic (exact) mass is 594 g/mol. The van der Waals surface area contributed by atoms with Gasteiger partial charge < -0.3 is 19.3 Å². The summed E-state index contributed by atoms with van der Waals surface area (Å²) in [7, 11) is 0. The minimum atomic E-state index is -0.169. The fourth-order valence-electron chi connectivity index (χ4n) is 11.2. The first-order valence-corrected chi connectivity index (χ1v) is 18.3. The van der Waals surface area contributed by atoms with E-state index in [4.69, 9.17) is 14.2 Å². The summed E-state index contributed by atoms with van der Waals surface area (Å²) in [5, 5.41) is 10.6. The van der Waals surface area contributed by atoms with Crippen LogP contribution in [0.15, 0.2) is 30.3 Å². The van der Waals surface area contributed by atoms with Crippen molar-refractivity contribution in [3.8, 4) is 0 Å². The molecule has 242 valence electrons. The zero-order valence-corrected chi connectivity index (χ0v) is 28.0. The van der Waals surface area contributed by atoms with Crippen molar-refractivity contribution in [2.75, 3.05) is 6.61 Å². The Hall–Kier alpha value is -0.940. The standard InChI is InChI=1S/C39H62O4/c1-26(2)34(40)17-14-27(3)31-15-16-32-37-33(19-21-39(31,32)5)38(4)20-18-30(43-36-13-9-10-22-41-36)23-29(38)24-35(37)42-25-28-11-7-6-8-12-28/h6-8,11-12,26-27,29-37,40H,9-10,13-25H2,1-5H3/t27-,29?,30-,31+,32?,33?,34?,35-,36?,37?,38-,39+/m0/s1. The fraction of sp³-hybridized carbons (Fsp3) is 0.846. The van der Waals surface area contributed by atoms with E-state index in [1.807, 2.05) is 0 Å². The highest BCUT2D eigenvalue weighted by molar-refractivity contribution is 5.15. The molecule has 5 aliphatic rings. The summed E-state index contributed by atoms with van der Waals surface area (Å²) in [5.74, 6) is 4.59. The second kappa shape index (κ2) is 13.4. The molecule has 0 amide bonds. The number of fused-ring (bicyclic) bond motifs is 5. The van der Waals surface area contributed by atoms with Crippen molar-refractivity contribution < 1.29 is 19.3 Å². The van der Waals surface area contributed by atoms with Crippen molar-refractivity contribution in [1.29, 1.82) is 0 Å². The summed E-state index contributed by atoms with van der Waals surface area (Å²) in [5.41, 5.74) is 2.07. The lowest BCUT2D eigenvalue weighted by Crippen LogP contribution is -2.59. The third kappa shape index (κ3) is 6.51. The van der Waals surface area contributed by atoms with Gasteiger partial charge in [0.15, 0.2) is 6.29 Å². The normalized spacial score (nSPS) is 42.6. The lowest BCUT2D eigenvalue weighted by Gasteiger charge is -2.63. The van der Waals surface area contributed by atoms with E-state index in [0.717, 1.165) is 50.2 Å². The molecule has 4 heteroatoms. The maximum Gasteiger partial charge on any atom is 0.157 e. The number of aliphatic hydroxyl groups is 1. The van der Waals surface area contributed by atoms with E-state index in [9.17, 15) is 5.11 Å². The quantitative estimate of drug-likeness (QED) is 0.274. The summed E-state index contributed by atoms with van der Waals surface area (Å²) in [6.07, 6.45) is 16.3. The first-order chi connectivity index (χ1) is 20.7. The molecule has 1 saturated heterocycles. The Morgan fingerprint density at radius 1 is 0.884 bits per heavy atom. The largest absolute Gasteiger partial charge is 0.393 e. The molecule has 0 aromatic heterocycles. The third-order valence-electron chi connectivity index (χ3n) is 13.8. The van der Waals surface area contributed by atoms with Crippen molar-refractivity contribution in [3.05, 3.63) is 35.9 Å². The highest BCUT2D eigenvalue weighted by Gasteiger charge is 2.63. The summed E-state index contributed by atoms with van der Waals surface area (Å²) in [4.78, 5) is 0. The van der Waals surface area contributed by atoms with Gasteiger partial charge in [-0.1, -0.05) is 65.0 Å². The van der Waals surface area contributed by atoms with Gasteiger partial charge in [0.05, 0.1) is 24.9 Å². The second-order valence-electron chi connectivity index (χ2n) is 16.5. The number of aliphatic hydroxyl groups excluding tert-OH is 1. The van der Waals surface area contributed by atoms with E-state index in [0.29, 0.717) is 46.7 Å². The molecule has 4 nitrogen and oxygen atoms in total. The molecule has 0 radical (unpaired) electrons. The molecule has 1 N–H and O–H groups in total. The molecule has 1 aromatic carbocycles. The highest BCUT2D eigenvalue weighted by atomic mass is 16.7. The molecule has 43 heavy (non-hydrogen) atoms. The molecule has 5 fully saturated rings. The Balaban J connectivity index is 1.21. The Morgan fingerprint density at radius 2 is 1.65 bits per heavy atom. The van der Waals surface area contributed by atoms with Crippen LogP contribution in [0.25, 0.3) is 0 Å². The van der Waals surface area contributed by atoms with Gasteiger partial charge in [-0.2, -0.15) is 0 Å². The van der Waals surface area contributed by atoms with Crippen molar-refractivity contribution in [2.24, 2.45) is 52.3 Å². The number of rotatable bonds is 10. The van der Waals surface area contributed by atoms with Crippen LogP contribution in [0.4, 0.5) is 0 Å². The van der Waals surface area contributed by atoms with Crippen LogP contribution in [0, 0.1) is 52.3 Å². The fourth-order valence-corrected chi connectivity index (χ4v) is 11.2. The van der Waals surface area contributed by atoms with Crippen LogP contribution < -0.4 is 0 Å². The minimum absolute atomic E-state index is 0.0130. The van der Waals surface area contributed by atoms with Gasteiger partial charge in [0.25, 0.3) is 0 Å². The van der Waals surface area contributed by atoms with Gasteiger partial charge in [-0.15, -0.1) is 0 Å². The van der Waals surface area contributed by atoms with Gasteiger partial charge in [0.2, 0.25) is 0 Å². The average Bonchev–Trinajstić information content (AvgIpc) is 3.37. The Kier molecular flexibility index (Phi) is 10.00. The average molecular weight is 595 g/mol. The van der Waals surface area contributed by atoms with Gasteiger partial charge in [0, 0.05) is 6.61 Å². The number of hydrogen-bond donors (Lipinski definition) is 1. The summed E-state index contributed by atoms with van der Waals surface area (Å²) in [6, 6.07) is 10.8. The predicted molar refractivity (Wildman–Crippen MR) is 173 cm³/mol. The maximum absolute atomic E-state index is 10.6. The van der Waals surface area contributed by atoms with E-state index in [1.54, 1.807) is 0 Å². The van der Waals surface area contributed by atoms with Crippen LogP contribution in [-0.2, 0) is 20.8 Å². The van der Waals surface area contributed by atoms with E-state index in [-0.39, 0.29) is 12.4 Å². The topological polar surface area (TPSA) is 47.9 Å². The van der Waals surface area contributed by atoms with E-state index < -0.39 is 0 Å². The van der Waals surface area contributed by atoms with Crippen molar-refractivity contribution >= 4 is 0 Å². The smallest absolute Gasteiger partial charge is 0.157 e. The molecule has 4 aliphatic carbocycles. The van der Waals surface area contributed by atoms with Crippen molar-refractivity contribution in [3.63, 3.8) is 0 Å². The summed E-state index contributed by atoms with van der Waals surface area (Å²) < 4.78 is 19.7. The van der Waals surface area contributed by atoms with E-state index in [2.05, 4.69) is 65.0 Å². The number of ether oxygens (including phenoxy) is 3. The molecule has 1 aliphatic heterocycles. The van der Waals surface area contributed by atoms with Gasteiger partial charge in [-0.25, -0.2) is 0 Å². The second-order valence-corrected chi connectivity index (χ2v) is 16.5. The maximum atomic E-state index is 10.6. The first-order valence-electron chi connectivity index (χ1n) is 18.3. The minimum Gasteiger partial charge on any atom is -0.393 e. The van der Waals surface area contributed by atoms with Gasteiger partial charge in [-0.05, 0) is 141 Å². The third-order valence-corrected chi connectivity index (χ3v) is 13.8. The van der Waals surface area contributed by atoms with Crippen molar-refractivity contribution in [2.45, 2.75) is 149 Å². The lowest BCUT2D eigenvalue weighted by molar-refractivity contribution is -0.226. The molecule has 1 heterocycles. The number of hydrogen-bond acceptors (Lipinski definition) is 4. The predicted octanol–water partition coefficient (Wildman–Crippen LogP) is 9.19. The zero-order chi connectivity index (χ0) is 30.2. The number of benzene rings is 1. The Morgan fingerprint density at radius 3 is 2.40 bits per heavy atom. The summed E-state index contributed by atoms with van der Waals surface area (Å²) in [6.45, 7) is 13.7. The molecule has 0 spiro atoms. The lowest BCUT2D eigenvalue weighted by atomic mass is 9.43. The molecule has 4 saturated carbocycles. The van der Waals surface area contributed by atoms with Crippen LogP contribution in [0.2, 0.25) is 0 Å². The van der Waals surface area contributed by atoms with Crippen LogP contribution in [-0.4, -0.2) is 36.3 Å². The molecule has 12 atom stereocenters. The van der Waals surface area contributed by atoms with E-state index in [1.165, 1.54) is 69.8 Å². The Labute approximate surface area is 263 Å². The highest BCUT2D eigenvalue weighted by Crippen LogP contribution is 2.69. The van der Waals surface area contributed by atoms with Crippen LogP contribution in [0.1, 0.15) is 124 Å². The van der Waals surface area contributed by atoms with Gasteiger partial charge >= 0.3 is 0 Å². The molecule has 6 rings (SSSR count).